The Morgan fingerprint density at radius 1 is 1.28 bits per heavy atom. The van der Waals surface area contributed by atoms with Crippen molar-refractivity contribution in [1.82, 2.24) is 5.32 Å². The maximum Gasteiger partial charge on any atom is 0.120 e. The molecular formula is C16H21NO. The molecule has 3 rings (SSSR count). The topological polar surface area (TPSA) is 32.3 Å². The zero-order chi connectivity index (χ0) is 12.5. The first-order valence-electron chi connectivity index (χ1n) is 6.92. The molecule has 2 aliphatic rings. The van der Waals surface area contributed by atoms with E-state index in [-0.39, 0.29) is 0 Å². The molecule has 0 spiro atoms. The Balaban J connectivity index is 1.57. The van der Waals surface area contributed by atoms with Gasteiger partial charge in [-0.1, -0.05) is 30.4 Å². The molecule has 1 fully saturated rings. The summed E-state index contributed by atoms with van der Waals surface area (Å²) in [6.07, 6.45) is 7.47. The molecule has 18 heavy (non-hydrogen) atoms. The minimum atomic E-state index is 0.394. The Kier molecular flexibility index (Phi) is 3.13. The summed E-state index contributed by atoms with van der Waals surface area (Å²) in [6.45, 7) is 3.03. The van der Waals surface area contributed by atoms with Crippen molar-refractivity contribution in [3.8, 4) is 5.75 Å². The molecule has 2 N–H and O–H groups in total. The highest BCUT2D eigenvalue weighted by molar-refractivity contribution is 5.31. The third-order valence-corrected chi connectivity index (χ3v) is 4.58. The van der Waals surface area contributed by atoms with Crippen molar-refractivity contribution in [3.05, 3.63) is 42.0 Å². The minimum Gasteiger partial charge on any atom is -0.508 e. The monoisotopic (exact) mass is 243 g/mol. The van der Waals surface area contributed by atoms with Crippen molar-refractivity contribution in [2.24, 2.45) is 17.8 Å². The van der Waals surface area contributed by atoms with Gasteiger partial charge in [0, 0.05) is 18.2 Å². The Hall–Kier alpha value is -1.28. The van der Waals surface area contributed by atoms with E-state index in [4.69, 9.17) is 0 Å². The van der Waals surface area contributed by atoms with Crippen molar-refractivity contribution < 1.29 is 5.11 Å². The van der Waals surface area contributed by atoms with Crippen LogP contribution < -0.4 is 5.32 Å². The fraction of sp³-hybridized carbons (Fsp3) is 0.500. The molecule has 0 amide bonds. The van der Waals surface area contributed by atoms with Gasteiger partial charge in [0.05, 0.1) is 0 Å². The predicted molar refractivity (Wildman–Crippen MR) is 73.3 cm³/mol. The first kappa shape index (κ1) is 11.8. The molecular weight excluding hydrogens is 222 g/mol. The summed E-state index contributed by atoms with van der Waals surface area (Å²) in [7, 11) is 0. The van der Waals surface area contributed by atoms with Crippen LogP contribution in [0.5, 0.6) is 5.75 Å². The summed E-state index contributed by atoms with van der Waals surface area (Å²) in [5, 5.41) is 13.3. The van der Waals surface area contributed by atoms with Gasteiger partial charge in [-0.05, 0) is 43.6 Å². The van der Waals surface area contributed by atoms with Gasteiger partial charge in [-0.3, -0.25) is 0 Å². The molecule has 2 heteroatoms. The highest BCUT2D eigenvalue weighted by atomic mass is 16.3. The van der Waals surface area contributed by atoms with Crippen LogP contribution in [0, 0.1) is 17.8 Å². The van der Waals surface area contributed by atoms with Crippen LogP contribution in [0.3, 0.4) is 0 Å². The minimum absolute atomic E-state index is 0.394. The predicted octanol–water partition coefficient (Wildman–Crippen LogP) is 3.08. The molecule has 1 aromatic carbocycles. The molecule has 2 aliphatic carbocycles. The van der Waals surface area contributed by atoms with Crippen molar-refractivity contribution >= 4 is 0 Å². The number of benzene rings is 1. The van der Waals surface area contributed by atoms with E-state index < -0.39 is 0 Å². The lowest BCUT2D eigenvalue weighted by Gasteiger charge is -2.26. The second kappa shape index (κ2) is 4.77. The lowest BCUT2D eigenvalue weighted by atomic mass is 9.87. The number of phenols is 1. The van der Waals surface area contributed by atoms with Crippen LogP contribution in [0.25, 0.3) is 0 Å². The molecule has 1 aromatic rings. The SMILES string of the molecule is CC(NCc1ccccc1O)C1CC2C=CC1C2. The lowest BCUT2D eigenvalue weighted by Crippen LogP contribution is -2.35. The molecule has 0 saturated heterocycles. The van der Waals surface area contributed by atoms with Gasteiger partial charge in [0.1, 0.15) is 5.75 Å². The van der Waals surface area contributed by atoms with E-state index in [0.29, 0.717) is 11.8 Å². The number of allylic oxidation sites excluding steroid dienone is 2. The summed E-state index contributed by atoms with van der Waals surface area (Å²) in [5.41, 5.74) is 0.989. The van der Waals surface area contributed by atoms with Gasteiger partial charge in [-0.15, -0.1) is 0 Å². The second-order valence-corrected chi connectivity index (χ2v) is 5.74. The van der Waals surface area contributed by atoms with Crippen molar-refractivity contribution in [3.63, 3.8) is 0 Å². The first-order chi connectivity index (χ1) is 8.74. The van der Waals surface area contributed by atoms with Crippen LogP contribution in [-0.2, 0) is 6.54 Å². The molecule has 0 radical (unpaired) electrons. The number of rotatable bonds is 4. The fourth-order valence-electron chi connectivity index (χ4n) is 3.48. The van der Waals surface area contributed by atoms with Crippen LogP contribution in [0.15, 0.2) is 36.4 Å². The number of phenolic OH excluding ortho intramolecular Hbond substituents is 1. The van der Waals surface area contributed by atoms with Crippen LogP contribution in [-0.4, -0.2) is 11.1 Å². The molecule has 0 heterocycles. The molecule has 2 nitrogen and oxygen atoms in total. The Morgan fingerprint density at radius 2 is 2.11 bits per heavy atom. The van der Waals surface area contributed by atoms with Gasteiger partial charge in [0.15, 0.2) is 0 Å². The third kappa shape index (κ3) is 2.17. The standard InChI is InChI=1S/C16H21NO/c1-11(15-9-12-6-7-13(15)8-12)17-10-14-4-2-3-5-16(14)18/h2-7,11-13,15,17-18H,8-10H2,1H3. The maximum absolute atomic E-state index is 9.74. The number of hydrogen-bond donors (Lipinski definition) is 2. The average molecular weight is 243 g/mol. The Labute approximate surface area is 109 Å². The van der Waals surface area contributed by atoms with E-state index in [2.05, 4.69) is 24.4 Å². The largest absolute Gasteiger partial charge is 0.508 e. The van der Waals surface area contributed by atoms with E-state index >= 15 is 0 Å². The second-order valence-electron chi connectivity index (χ2n) is 5.74. The van der Waals surface area contributed by atoms with Gasteiger partial charge < -0.3 is 10.4 Å². The summed E-state index contributed by atoms with van der Waals surface area (Å²) in [6, 6.07) is 8.09. The van der Waals surface area contributed by atoms with Gasteiger partial charge >= 0.3 is 0 Å². The zero-order valence-electron chi connectivity index (χ0n) is 10.8. The smallest absolute Gasteiger partial charge is 0.120 e. The van der Waals surface area contributed by atoms with Crippen molar-refractivity contribution in [1.29, 1.82) is 0 Å². The molecule has 4 unspecified atom stereocenters. The van der Waals surface area contributed by atoms with Crippen LogP contribution >= 0.6 is 0 Å². The lowest BCUT2D eigenvalue weighted by molar-refractivity contribution is 0.325. The van der Waals surface area contributed by atoms with Crippen LogP contribution in [0.2, 0.25) is 0 Å². The summed E-state index contributed by atoms with van der Waals surface area (Å²) >= 11 is 0. The number of fused-ring (bicyclic) bond motifs is 2. The molecule has 4 atom stereocenters. The van der Waals surface area contributed by atoms with E-state index in [1.165, 1.54) is 12.8 Å². The number of nitrogens with one attached hydrogen (secondary N) is 1. The van der Waals surface area contributed by atoms with Crippen LogP contribution in [0.1, 0.15) is 25.3 Å². The third-order valence-electron chi connectivity index (χ3n) is 4.58. The van der Waals surface area contributed by atoms with Gasteiger partial charge in [-0.2, -0.15) is 0 Å². The quantitative estimate of drug-likeness (QED) is 0.796. The Bertz CT molecular complexity index is 454. The summed E-state index contributed by atoms with van der Waals surface area (Å²) in [4.78, 5) is 0. The number of aromatic hydroxyl groups is 1. The molecule has 2 bridgehead atoms. The Morgan fingerprint density at radius 3 is 2.78 bits per heavy atom. The van der Waals surface area contributed by atoms with Crippen molar-refractivity contribution in [2.45, 2.75) is 32.4 Å². The normalized spacial score (nSPS) is 30.8. The summed E-state index contributed by atoms with van der Waals surface area (Å²) < 4.78 is 0. The van der Waals surface area contributed by atoms with E-state index in [9.17, 15) is 5.11 Å². The van der Waals surface area contributed by atoms with Crippen LogP contribution in [0.4, 0.5) is 0 Å². The van der Waals surface area contributed by atoms with E-state index in [1.54, 1.807) is 6.07 Å². The zero-order valence-corrected chi connectivity index (χ0v) is 10.8. The maximum atomic E-state index is 9.74. The van der Waals surface area contributed by atoms with E-state index in [1.807, 2.05) is 18.2 Å². The van der Waals surface area contributed by atoms with Gasteiger partial charge in [-0.25, -0.2) is 0 Å². The average Bonchev–Trinajstić information content (AvgIpc) is 2.99. The van der Waals surface area contributed by atoms with E-state index in [0.717, 1.165) is 29.9 Å². The molecule has 0 aromatic heterocycles. The highest BCUT2D eigenvalue weighted by Gasteiger charge is 2.38. The highest BCUT2D eigenvalue weighted by Crippen LogP contribution is 2.44. The van der Waals surface area contributed by atoms with Gasteiger partial charge in [0.25, 0.3) is 0 Å². The molecule has 0 aliphatic heterocycles. The fourth-order valence-corrected chi connectivity index (χ4v) is 3.48. The first-order valence-corrected chi connectivity index (χ1v) is 6.92. The molecule has 1 saturated carbocycles. The summed E-state index contributed by atoms with van der Waals surface area (Å²) in [5.74, 6) is 2.77. The van der Waals surface area contributed by atoms with Gasteiger partial charge in [0.2, 0.25) is 0 Å². The molecule has 96 valence electrons. The number of hydrogen-bond acceptors (Lipinski definition) is 2. The number of para-hydroxylation sites is 1. The van der Waals surface area contributed by atoms with Crippen molar-refractivity contribution in [2.75, 3.05) is 0 Å².